The van der Waals surface area contributed by atoms with Gasteiger partial charge in [-0.05, 0) is 24.3 Å². The van der Waals surface area contributed by atoms with Gasteiger partial charge in [-0.25, -0.2) is 4.39 Å². The molecule has 26 heavy (non-hydrogen) atoms. The first-order valence-corrected chi connectivity index (χ1v) is 7.98. The molecule has 0 atom stereocenters. The Morgan fingerprint density at radius 3 is 2.65 bits per heavy atom. The summed E-state index contributed by atoms with van der Waals surface area (Å²) in [4.78, 5) is 14.7. The molecule has 134 valence electrons. The summed E-state index contributed by atoms with van der Waals surface area (Å²) in [6, 6.07) is 5.91. The third kappa shape index (κ3) is 3.52. The number of halogens is 1. The number of hydrogen-bond acceptors (Lipinski definition) is 9. The molecule has 0 aliphatic carbocycles. The van der Waals surface area contributed by atoms with Crippen LogP contribution >= 0.6 is 11.8 Å². The molecule has 0 spiro atoms. The molecule has 3 rings (SSSR count). The molecule has 0 aliphatic rings. The van der Waals surface area contributed by atoms with E-state index in [4.69, 9.17) is 4.52 Å². The van der Waals surface area contributed by atoms with Crippen molar-refractivity contribution in [2.45, 2.75) is 10.6 Å². The van der Waals surface area contributed by atoms with E-state index in [-0.39, 0.29) is 23.0 Å². The Morgan fingerprint density at radius 2 is 1.96 bits per heavy atom. The maximum atomic E-state index is 13.0. The number of hydrogen-bond donors (Lipinski definition) is 3. The fraction of sp³-hybridized carbons (Fsp3) is 0.0667. The quantitative estimate of drug-likeness (QED) is 0.263. The molecule has 2 aromatic carbocycles. The third-order valence-electron chi connectivity index (χ3n) is 3.27. The van der Waals surface area contributed by atoms with E-state index in [2.05, 4.69) is 10.1 Å². The number of rotatable bonds is 5. The lowest BCUT2D eigenvalue weighted by Gasteiger charge is -2.01. The maximum absolute atomic E-state index is 13.0. The van der Waals surface area contributed by atoms with Gasteiger partial charge in [0.25, 0.3) is 5.89 Å². The first-order valence-electron chi connectivity index (χ1n) is 7.00. The van der Waals surface area contributed by atoms with E-state index in [0.29, 0.717) is 4.90 Å². The number of nitro benzene ring substituents is 1. The number of aromatic hydroxyl groups is 3. The largest absolute Gasteiger partial charge is 0.505 e. The van der Waals surface area contributed by atoms with Crippen LogP contribution in [0.25, 0.3) is 11.5 Å². The van der Waals surface area contributed by atoms with Gasteiger partial charge in [0, 0.05) is 11.0 Å². The smallest absolute Gasteiger partial charge is 0.315 e. The topological polar surface area (TPSA) is 143 Å². The Bertz CT molecular complexity index is 994. The molecule has 0 radical (unpaired) electrons. The summed E-state index contributed by atoms with van der Waals surface area (Å²) in [5.41, 5.74) is -0.633. The molecule has 0 saturated heterocycles. The van der Waals surface area contributed by atoms with Gasteiger partial charge in [-0.1, -0.05) is 5.16 Å². The predicted molar refractivity (Wildman–Crippen MR) is 87.3 cm³/mol. The van der Waals surface area contributed by atoms with Gasteiger partial charge in [-0.2, -0.15) is 4.98 Å². The molecule has 0 saturated carbocycles. The number of nitro groups is 1. The van der Waals surface area contributed by atoms with Crippen LogP contribution in [0.1, 0.15) is 5.82 Å². The number of thioether (sulfide) groups is 1. The Balaban J connectivity index is 1.79. The zero-order valence-corrected chi connectivity index (χ0v) is 13.6. The van der Waals surface area contributed by atoms with Crippen LogP contribution in [0.3, 0.4) is 0 Å². The SMILES string of the molecule is O=[N+]([O-])c1cc(-c2nc(CSc3ccc(F)c(O)c3)no2)cc(O)c1O. The first-order chi connectivity index (χ1) is 12.3. The van der Waals surface area contributed by atoms with Crippen molar-refractivity contribution in [2.24, 2.45) is 0 Å². The van der Waals surface area contributed by atoms with Gasteiger partial charge >= 0.3 is 5.69 Å². The fourth-order valence-corrected chi connectivity index (χ4v) is 2.80. The Hall–Kier alpha value is -3.34. The van der Waals surface area contributed by atoms with Crippen LogP contribution in [-0.2, 0) is 5.75 Å². The minimum absolute atomic E-state index is 0.0650. The van der Waals surface area contributed by atoms with Crippen LogP contribution < -0.4 is 0 Å². The molecule has 11 heteroatoms. The molecule has 0 aliphatic heterocycles. The third-order valence-corrected chi connectivity index (χ3v) is 4.26. The van der Waals surface area contributed by atoms with E-state index in [1.54, 1.807) is 0 Å². The number of benzene rings is 2. The molecule has 1 heterocycles. The molecule has 3 N–H and O–H groups in total. The average molecular weight is 379 g/mol. The Morgan fingerprint density at radius 1 is 1.19 bits per heavy atom. The van der Waals surface area contributed by atoms with E-state index in [0.717, 1.165) is 18.2 Å². The highest BCUT2D eigenvalue weighted by Gasteiger charge is 2.22. The molecule has 0 amide bonds. The summed E-state index contributed by atoms with van der Waals surface area (Å²) in [6.07, 6.45) is 0. The monoisotopic (exact) mass is 379 g/mol. The number of phenolic OH excluding ortho intramolecular Hbond substituents is 3. The van der Waals surface area contributed by atoms with E-state index in [9.17, 15) is 29.8 Å². The summed E-state index contributed by atoms with van der Waals surface area (Å²) in [7, 11) is 0. The minimum Gasteiger partial charge on any atom is -0.505 e. The van der Waals surface area contributed by atoms with E-state index in [1.807, 2.05) is 0 Å². The van der Waals surface area contributed by atoms with Crippen LogP contribution in [-0.4, -0.2) is 30.4 Å². The highest BCUT2D eigenvalue weighted by molar-refractivity contribution is 7.98. The van der Waals surface area contributed by atoms with Gasteiger partial charge in [-0.15, -0.1) is 11.8 Å². The van der Waals surface area contributed by atoms with Gasteiger partial charge in [0.2, 0.25) is 5.75 Å². The lowest BCUT2D eigenvalue weighted by Crippen LogP contribution is -1.90. The lowest BCUT2D eigenvalue weighted by molar-refractivity contribution is -0.385. The fourth-order valence-electron chi connectivity index (χ4n) is 2.03. The number of nitrogens with zero attached hydrogens (tertiary/aromatic N) is 3. The van der Waals surface area contributed by atoms with E-state index in [1.165, 1.54) is 23.9 Å². The Kier molecular flexibility index (Phi) is 4.63. The van der Waals surface area contributed by atoms with Gasteiger partial charge in [-0.3, -0.25) is 10.1 Å². The second kappa shape index (κ2) is 6.88. The van der Waals surface area contributed by atoms with Crippen molar-refractivity contribution in [2.75, 3.05) is 0 Å². The number of aromatic nitrogens is 2. The standard InChI is InChI=1S/C15H10FN3O6S/c16-9-2-1-8(5-11(9)20)26-6-13-17-15(25-18-13)7-3-10(19(23)24)14(22)12(21)4-7/h1-5,20-22H,6H2. The van der Waals surface area contributed by atoms with Gasteiger partial charge in [0.05, 0.1) is 16.2 Å². The molecule has 1 aromatic heterocycles. The summed E-state index contributed by atoms with van der Waals surface area (Å²) >= 11 is 1.21. The molecular weight excluding hydrogens is 369 g/mol. The highest BCUT2D eigenvalue weighted by atomic mass is 32.2. The molecule has 3 aromatic rings. The molecule has 0 unspecified atom stereocenters. The van der Waals surface area contributed by atoms with Crippen LogP contribution in [0.4, 0.5) is 10.1 Å². The summed E-state index contributed by atoms with van der Waals surface area (Å²) < 4.78 is 18.0. The van der Waals surface area contributed by atoms with Crippen LogP contribution in [0, 0.1) is 15.9 Å². The van der Waals surface area contributed by atoms with Crippen molar-refractivity contribution < 1.29 is 29.2 Å². The summed E-state index contributed by atoms with van der Waals surface area (Å²) in [6.45, 7) is 0. The summed E-state index contributed by atoms with van der Waals surface area (Å²) in [5, 5.41) is 43.0. The normalized spacial score (nSPS) is 10.8. The van der Waals surface area contributed by atoms with Crippen LogP contribution in [0.15, 0.2) is 39.8 Å². The molecule has 0 fully saturated rings. The second-order valence-corrected chi connectivity index (χ2v) is 6.09. The zero-order chi connectivity index (χ0) is 18.8. The van der Waals surface area contributed by atoms with Gasteiger partial charge in [0.15, 0.2) is 23.1 Å². The van der Waals surface area contributed by atoms with Crippen molar-refractivity contribution in [1.82, 2.24) is 10.1 Å². The van der Waals surface area contributed by atoms with Gasteiger partial charge < -0.3 is 19.8 Å². The average Bonchev–Trinajstić information content (AvgIpc) is 3.07. The molecule has 9 nitrogen and oxygen atoms in total. The second-order valence-electron chi connectivity index (χ2n) is 5.04. The number of phenols is 3. The molecular formula is C15H10FN3O6S. The lowest BCUT2D eigenvalue weighted by atomic mass is 10.1. The first kappa shape index (κ1) is 17.5. The highest BCUT2D eigenvalue weighted by Crippen LogP contribution is 2.39. The maximum Gasteiger partial charge on any atom is 0.315 e. The van der Waals surface area contributed by atoms with Crippen molar-refractivity contribution in [1.29, 1.82) is 0 Å². The van der Waals surface area contributed by atoms with Crippen LogP contribution in [0.2, 0.25) is 0 Å². The van der Waals surface area contributed by atoms with Crippen molar-refractivity contribution >= 4 is 17.4 Å². The van der Waals surface area contributed by atoms with Gasteiger partial charge in [0.1, 0.15) is 0 Å². The zero-order valence-electron chi connectivity index (χ0n) is 12.8. The van der Waals surface area contributed by atoms with Crippen molar-refractivity contribution in [3.05, 3.63) is 52.1 Å². The summed E-state index contributed by atoms with van der Waals surface area (Å²) in [5.74, 6) is -2.37. The predicted octanol–water partition coefficient (Wildman–Crippen LogP) is 3.19. The molecule has 0 bridgehead atoms. The van der Waals surface area contributed by atoms with Crippen molar-refractivity contribution in [3.8, 4) is 28.7 Å². The van der Waals surface area contributed by atoms with E-state index < -0.39 is 33.7 Å². The van der Waals surface area contributed by atoms with Crippen molar-refractivity contribution in [3.63, 3.8) is 0 Å². The minimum atomic E-state index is -0.856. The van der Waals surface area contributed by atoms with E-state index >= 15 is 0 Å². The Labute approximate surface area is 148 Å². The van der Waals surface area contributed by atoms with Crippen LogP contribution in [0.5, 0.6) is 17.2 Å².